The molecule has 1 N–H and O–H groups in total. The van der Waals surface area contributed by atoms with E-state index in [1.54, 1.807) is 18.2 Å². The summed E-state index contributed by atoms with van der Waals surface area (Å²) in [5.41, 5.74) is 1.98. The van der Waals surface area contributed by atoms with Crippen molar-refractivity contribution < 1.29 is 19.1 Å². The predicted octanol–water partition coefficient (Wildman–Crippen LogP) is 1.83. The van der Waals surface area contributed by atoms with Crippen molar-refractivity contribution in [3.05, 3.63) is 29.7 Å². The summed E-state index contributed by atoms with van der Waals surface area (Å²) in [6.45, 7) is 1.56. The zero-order valence-electron chi connectivity index (χ0n) is 11.0. The Bertz CT molecular complexity index is 688. The third-order valence-corrected chi connectivity index (χ3v) is 3.28. The molecule has 1 fully saturated rings. The molecule has 0 aromatic carbocycles. The minimum absolute atomic E-state index is 0.0153. The number of furan rings is 1. The molecule has 20 heavy (non-hydrogen) atoms. The van der Waals surface area contributed by atoms with Gasteiger partial charge in [0.25, 0.3) is 5.91 Å². The number of aromatic nitrogens is 1. The van der Waals surface area contributed by atoms with Crippen molar-refractivity contribution in [1.82, 2.24) is 9.88 Å². The SMILES string of the molecule is Cc1ccc2oc(C(=O)N(CC(=O)O)C3CC3)cc2n1. The first-order chi connectivity index (χ1) is 9.54. The summed E-state index contributed by atoms with van der Waals surface area (Å²) in [6.07, 6.45) is 1.69. The van der Waals surface area contributed by atoms with Gasteiger partial charge in [0.15, 0.2) is 11.3 Å². The molecule has 1 amide bonds. The Labute approximate surface area is 115 Å². The third kappa shape index (κ3) is 2.36. The van der Waals surface area contributed by atoms with Crippen LogP contribution in [0.25, 0.3) is 11.1 Å². The van der Waals surface area contributed by atoms with Crippen molar-refractivity contribution in [3.63, 3.8) is 0 Å². The number of aryl methyl sites for hydroxylation is 1. The number of carbonyl (C=O) groups is 2. The van der Waals surface area contributed by atoms with Crippen molar-refractivity contribution in [2.75, 3.05) is 6.54 Å². The van der Waals surface area contributed by atoms with Crippen LogP contribution in [0.4, 0.5) is 0 Å². The van der Waals surface area contributed by atoms with Gasteiger partial charge in [-0.2, -0.15) is 0 Å². The van der Waals surface area contributed by atoms with E-state index in [4.69, 9.17) is 9.52 Å². The highest BCUT2D eigenvalue weighted by Gasteiger charge is 2.35. The lowest BCUT2D eigenvalue weighted by atomic mass is 10.3. The van der Waals surface area contributed by atoms with Crippen LogP contribution >= 0.6 is 0 Å². The molecule has 0 radical (unpaired) electrons. The Hall–Kier alpha value is -2.37. The number of carboxylic acids is 1. The van der Waals surface area contributed by atoms with Gasteiger partial charge in [0, 0.05) is 17.8 Å². The van der Waals surface area contributed by atoms with Crippen molar-refractivity contribution in [2.45, 2.75) is 25.8 Å². The number of rotatable bonds is 4. The average Bonchev–Trinajstić information content (AvgIpc) is 3.14. The van der Waals surface area contributed by atoms with Crippen LogP contribution in [0.2, 0.25) is 0 Å². The van der Waals surface area contributed by atoms with Gasteiger partial charge in [-0.3, -0.25) is 9.59 Å². The average molecular weight is 274 g/mol. The van der Waals surface area contributed by atoms with Gasteiger partial charge in [-0.05, 0) is 31.9 Å². The first-order valence-electron chi connectivity index (χ1n) is 6.44. The summed E-state index contributed by atoms with van der Waals surface area (Å²) >= 11 is 0. The number of hydrogen-bond acceptors (Lipinski definition) is 4. The number of pyridine rings is 1. The normalized spacial score (nSPS) is 14.4. The van der Waals surface area contributed by atoms with Gasteiger partial charge in [-0.1, -0.05) is 0 Å². The Morgan fingerprint density at radius 2 is 2.20 bits per heavy atom. The van der Waals surface area contributed by atoms with E-state index in [1.807, 2.05) is 6.92 Å². The first kappa shape index (κ1) is 12.7. The number of hydrogen-bond donors (Lipinski definition) is 1. The van der Waals surface area contributed by atoms with Gasteiger partial charge in [0.05, 0.1) is 0 Å². The molecule has 1 saturated carbocycles. The van der Waals surface area contributed by atoms with E-state index < -0.39 is 5.97 Å². The van der Waals surface area contributed by atoms with Gasteiger partial charge in [0.2, 0.25) is 0 Å². The molecule has 0 saturated heterocycles. The molecule has 104 valence electrons. The monoisotopic (exact) mass is 274 g/mol. The second kappa shape index (κ2) is 4.63. The summed E-state index contributed by atoms with van der Waals surface area (Å²) in [5, 5.41) is 8.90. The maximum absolute atomic E-state index is 12.4. The lowest BCUT2D eigenvalue weighted by molar-refractivity contribution is -0.137. The largest absolute Gasteiger partial charge is 0.480 e. The van der Waals surface area contributed by atoms with Crippen LogP contribution in [0, 0.1) is 6.92 Å². The lowest BCUT2D eigenvalue weighted by Crippen LogP contribution is -2.37. The fraction of sp³-hybridized carbons (Fsp3) is 0.357. The van der Waals surface area contributed by atoms with Crippen LogP contribution in [0.5, 0.6) is 0 Å². The van der Waals surface area contributed by atoms with Gasteiger partial charge >= 0.3 is 5.97 Å². The van der Waals surface area contributed by atoms with Gasteiger partial charge in [-0.15, -0.1) is 0 Å². The molecule has 0 spiro atoms. The van der Waals surface area contributed by atoms with Crippen molar-refractivity contribution in [2.24, 2.45) is 0 Å². The summed E-state index contributed by atoms with van der Waals surface area (Å²) in [4.78, 5) is 28.8. The highest BCUT2D eigenvalue weighted by Crippen LogP contribution is 2.29. The van der Waals surface area contributed by atoms with Crippen molar-refractivity contribution >= 4 is 23.0 Å². The number of nitrogens with zero attached hydrogens (tertiary/aromatic N) is 2. The smallest absolute Gasteiger partial charge is 0.323 e. The van der Waals surface area contributed by atoms with E-state index in [1.165, 1.54) is 4.90 Å². The molecule has 0 aliphatic heterocycles. The van der Waals surface area contributed by atoms with Crippen molar-refractivity contribution in [1.29, 1.82) is 0 Å². The van der Waals surface area contributed by atoms with E-state index in [2.05, 4.69) is 4.98 Å². The second-order valence-electron chi connectivity index (χ2n) is 5.00. The minimum Gasteiger partial charge on any atom is -0.480 e. The lowest BCUT2D eigenvalue weighted by Gasteiger charge is -2.18. The molecule has 6 heteroatoms. The van der Waals surface area contributed by atoms with E-state index in [0.29, 0.717) is 11.1 Å². The predicted molar refractivity (Wildman–Crippen MR) is 70.4 cm³/mol. The highest BCUT2D eigenvalue weighted by atomic mass is 16.4. The first-order valence-corrected chi connectivity index (χ1v) is 6.44. The number of carbonyl (C=O) groups excluding carboxylic acids is 1. The molecule has 3 rings (SSSR count). The van der Waals surface area contributed by atoms with E-state index in [-0.39, 0.29) is 24.3 Å². The van der Waals surface area contributed by atoms with Crippen LogP contribution in [0.15, 0.2) is 22.6 Å². The van der Waals surface area contributed by atoms with Gasteiger partial charge in [-0.25, -0.2) is 4.98 Å². The summed E-state index contributed by atoms with van der Waals surface area (Å²) in [5.74, 6) is -1.26. The molecule has 0 unspecified atom stereocenters. The standard InChI is InChI=1S/C14H14N2O4/c1-8-2-5-11-10(15-8)6-12(20-11)14(19)16(7-13(17)18)9-3-4-9/h2,5-6,9H,3-4,7H2,1H3,(H,17,18). The molecular weight excluding hydrogens is 260 g/mol. The maximum atomic E-state index is 12.4. The number of amides is 1. The number of fused-ring (bicyclic) bond motifs is 1. The van der Waals surface area contributed by atoms with Gasteiger partial charge in [0.1, 0.15) is 12.1 Å². The topological polar surface area (TPSA) is 83.6 Å². The van der Waals surface area contributed by atoms with E-state index >= 15 is 0 Å². The highest BCUT2D eigenvalue weighted by molar-refractivity contribution is 5.97. The fourth-order valence-electron chi connectivity index (χ4n) is 2.17. The van der Waals surface area contributed by atoms with Crippen LogP contribution in [-0.2, 0) is 4.79 Å². The molecule has 0 atom stereocenters. The van der Waals surface area contributed by atoms with Crippen LogP contribution in [-0.4, -0.2) is 39.5 Å². The van der Waals surface area contributed by atoms with E-state index in [9.17, 15) is 9.59 Å². The maximum Gasteiger partial charge on any atom is 0.323 e. The molecule has 1 aliphatic carbocycles. The minimum atomic E-state index is -1.02. The Kier molecular flexibility index (Phi) is 2.93. The summed E-state index contributed by atoms with van der Waals surface area (Å²) in [6, 6.07) is 5.15. The molecule has 2 heterocycles. The number of carboxylic acid groups (broad SMARTS) is 1. The Balaban J connectivity index is 1.92. The van der Waals surface area contributed by atoms with Crippen LogP contribution < -0.4 is 0 Å². The van der Waals surface area contributed by atoms with Crippen LogP contribution in [0.3, 0.4) is 0 Å². The fourth-order valence-corrected chi connectivity index (χ4v) is 2.17. The number of aliphatic carboxylic acids is 1. The van der Waals surface area contributed by atoms with E-state index in [0.717, 1.165) is 18.5 Å². The molecule has 2 aromatic rings. The molecule has 6 nitrogen and oxygen atoms in total. The Morgan fingerprint density at radius 1 is 1.45 bits per heavy atom. The zero-order chi connectivity index (χ0) is 14.3. The Morgan fingerprint density at radius 3 is 2.85 bits per heavy atom. The quantitative estimate of drug-likeness (QED) is 0.919. The molecule has 0 bridgehead atoms. The second-order valence-corrected chi connectivity index (χ2v) is 5.00. The molecular formula is C14H14N2O4. The summed E-state index contributed by atoms with van der Waals surface area (Å²) < 4.78 is 5.48. The molecule has 1 aliphatic rings. The van der Waals surface area contributed by atoms with Gasteiger partial charge < -0.3 is 14.4 Å². The van der Waals surface area contributed by atoms with Crippen LogP contribution in [0.1, 0.15) is 29.1 Å². The molecule has 2 aromatic heterocycles. The third-order valence-electron chi connectivity index (χ3n) is 3.28. The van der Waals surface area contributed by atoms with Crippen molar-refractivity contribution in [3.8, 4) is 0 Å². The zero-order valence-corrected chi connectivity index (χ0v) is 11.0. The summed E-state index contributed by atoms with van der Waals surface area (Å²) in [7, 11) is 0.